The second-order valence-electron chi connectivity index (χ2n) is 7.69. The molecule has 2 aliphatic heterocycles. The molecule has 4 rings (SSSR count). The van der Waals surface area contributed by atoms with Gasteiger partial charge in [-0.1, -0.05) is 0 Å². The van der Waals surface area contributed by atoms with Crippen LogP contribution in [0.2, 0.25) is 0 Å². The number of hydrogen-bond donors (Lipinski definition) is 3. The predicted octanol–water partition coefficient (Wildman–Crippen LogP) is 1.89. The molecule has 0 aliphatic carbocycles. The maximum Gasteiger partial charge on any atom is 0.125 e. The van der Waals surface area contributed by atoms with Gasteiger partial charge in [-0.15, -0.1) is 0 Å². The molecule has 2 aromatic rings. The van der Waals surface area contributed by atoms with E-state index < -0.39 is 0 Å². The molecule has 150 valence electrons. The Morgan fingerprint density at radius 2 is 1.34 bits per heavy atom. The molecule has 0 fully saturated rings. The molecule has 0 saturated carbocycles. The fourth-order valence-corrected chi connectivity index (χ4v) is 3.89. The minimum atomic E-state index is 0.240. The van der Waals surface area contributed by atoms with Crippen molar-refractivity contribution < 1.29 is 10.2 Å². The molecule has 0 spiro atoms. The first-order valence-corrected chi connectivity index (χ1v) is 9.83. The second-order valence-corrected chi connectivity index (χ2v) is 7.69. The third kappa shape index (κ3) is 3.45. The second kappa shape index (κ2) is 7.81. The largest absolute Gasteiger partial charge is 0.507 e. The van der Waals surface area contributed by atoms with E-state index in [1.807, 2.05) is 45.7 Å². The highest BCUT2D eigenvalue weighted by atomic mass is 16.3. The zero-order valence-electron chi connectivity index (χ0n) is 17.0. The number of phenols is 2. The van der Waals surface area contributed by atoms with Crippen molar-refractivity contribution >= 4 is 11.1 Å². The SMILES string of the molecule is CNCCC1=CN=c2c1c(O)ccc2=c1ccc(O)c2c1=NC=C2CCN(C)C. The van der Waals surface area contributed by atoms with Crippen LogP contribution >= 0.6 is 0 Å². The number of rotatable bonds is 6. The Kier molecular flexibility index (Phi) is 5.22. The first kappa shape index (κ1) is 19.4. The summed E-state index contributed by atoms with van der Waals surface area (Å²) in [5, 5.41) is 27.5. The number of benzene rings is 2. The Morgan fingerprint density at radius 1 is 0.828 bits per heavy atom. The molecule has 2 aromatic carbocycles. The van der Waals surface area contributed by atoms with E-state index in [4.69, 9.17) is 0 Å². The molecule has 2 heterocycles. The number of nitrogens with one attached hydrogen (secondary N) is 1. The van der Waals surface area contributed by atoms with E-state index >= 15 is 0 Å². The summed E-state index contributed by atoms with van der Waals surface area (Å²) in [6, 6.07) is 7.21. The quantitative estimate of drug-likeness (QED) is 0.704. The third-order valence-corrected chi connectivity index (χ3v) is 5.42. The molecule has 6 heteroatoms. The topological polar surface area (TPSA) is 80.5 Å². The van der Waals surface area contributed by atoms with Crippen molar-refractivity contribution in [1.82, 2.24) is 10.2 Å². The van der Waals surface area contributed by atoms with Gasteiger partial charge in [-0.2, -0.15) is 0 Å². The Labute approximate surface area is 169 Å². The Hall–Kier alpha value is -2.96. The summed E-state index contributed by atoms with van der Waals surface area (Å²) in [6.07, 6.45) is 5.29. The maximum absolute atomic E-state index is 10.5. The highest BCUT2D eigenvalue weighted by molar-refractivity contribution is 5.74. The minimum Gasteiger partial charge on any atom is -0.507 e. The van der Waals surface area contributed by atoms with Gasteiger partial charge in [0.2, 0.25) is 0 Å². The van der Waals surface area contributed by atoms with Crippen LogP contribution in [0.1, 0.15) is 24.0 Å². The Balaban J connectivity index is 1.92. The summed E-state index contributed by atoms with van der Waals surface area (Å²) >= 11 is 0. The summed E-state index contributed by atoms with van der Waals surface area (Å²) in [4.78, 5) is 11.4. The van der Waals surface area contributed by atoms with Gasteiger partial charge in [0.15, 0.2) is 0 Å². The molecular weight excluding hydrogens is 364 g/mol. The molecule has 0 radical (unpaired) electrons. The summed E-state index contributed by atoms with van der Waals surface area (Å²) < 4.78 is 0. The zero-order chi connectivity index (χ0) is 20.5. The number of hydrogen-bond acceptors (Lipinski definition) is 6. The molecule has 0 unspecified atom stereocenters. The van der Waals surface area contributed by atoms with E-state index in [1.54, 1.807) is 12.1 Å². The molecule has 0 amide bonds. The summed E-state index contributed by atoms with van der Waals surface area (Å²) in [5.74, 6) is 0.486. The lowest BCUT2D eigenvalue weighted by atomic mass is 9.99. The molecule has 2 aliphatic rings. The number of phenolic OH excluding ortho intramolecular Hbond substituents is 2. The van der Waals surface area contributed by atoms with Gasteiger partial charge in [-0.05, 0) is 75.9 Å². The lowest BCUT2D eigenvalue weighted by molar-refractivity contribution is 0.419. The average Bonchev–Trinajstić information content (AvgIpc) is 3.31. The fourth-order valence-electron chi connectivity index (χ4n) is 3.89. The van der Waals surface area contributed by atoms with Gasteiger partial charge >= 0.3 is 0 Å². The van der Waals surface area contributed by atoms with Crippen LogP contribution in [-0.4, -0.2) is 49.3 Å². The van der Waals surface area contributed by atoms with Crippen LogP contribution in [-0.2, 0) is 0 Å². The van der Waals surface area contributed by atoms with Crippen LogP contribution in [0.15, 0.2) is 46.7 Å². The van der Waals surface area contributed by atoms with Crippen molar-refractivity contribution in [2.24, 2.45) is 9.98 Å². The fraction of sp³-hybridized carbons (Fsp3) is 0.304. The van der Waals surface area contributed by atoms with Gasteiger partial charge in [0.1, 0.15) is 11.5 Å². The van der Waals surface area contributed by atoms with Crippen LogP contribution in [0, 0.1) is 10.4 Å². The maximum atomic E-state index is 10.5. The van der Waals surface area contributed by atoms with E-state index in [0.29, 0.717) is 0 Å². The van der Waals surface area contributed by atoms with E-state index in [9.17, 15) is 10.2 Å². The first-order chi connectivity index (χ1) is 14.0. The zero-order valence-corrected chi connectivity index (χ0v) is 17.0. The average molecular weight is 390 g/mol. The van der Waals surface area contributed by atoms with Gasteiger partial charge in [-0.25, -0.2) is 0 Å². The van der Waals surface area contributed by atoms with Crippen LogP contribution in [0.4, 0.5) is 0 Å². The van der Waals surface area contributed by atoms with Crippen molar-refractivity contribution in [3.63, 3.8) is 0 Å². The van der Waals surface area contributed by atoms with Gasteiger partial charge in [0.25, 0.3) is 0 Å². The van der Waals surface area contributed by atoms with Gasteiger partial charge in [0.05, 0.1) is 10.7 Å². The van der Waals surface area contributed by atoms with Gasteiger partial charge < -0.3 is 20.4 Å². The molecule has 0 saturated heterocycles. The molecule has 0 aromatic heterocycles. The lowest BCUT2D eigenvalue weighted by Gasteiger charge is -2.11. The predicted molar refractivity (Wildman–Crippen MR) is 114 cm³/mol. The van der Waals surface area contributed by atoms with Gasteiger partial charge in [0, 0.05) is 40.5 Å². The molecular formula is C23H26N4O2. The number of nitrogens with zero attached hydrogens (tertiary/aromatic N) is 3. The highest BCUT2D eigenvalue weighted by Gasteiger charge is 2.18. The molecule has 0 bridgehead atoms. The Bertz CT molecular complexity index is 1240. The summed E-state index contributed by atoms with van der Waals surface area (Å²) in [6.45, 7) is 1.70. The van der Waals surface area contributed by atoms with Gasteiger partial charge in [-0.3, -0.25) is 9.98 Å². The smallest absolute Gasteiger partial charge is 0.125 e. The van der Waals surface area contributed by atoms with Crippen LogP contribution in [0.5, 0.6) is 11.5 Å². The molecule has 6 nitrogen and oxygen atoms in total. The van der Waals surface area contributed by atoms with E-state index in [-0.39, 0.29) is 11.5 Å². The normalized spacial score (nSPS) is 15.4. The van der Waals surface area contributed by atoms with Crippen molar-refractivity contribution in [3.8, 4) is 11.5 Å². The van der Waals surface area contributed by atoms with Crippen LogP contribution < -0.4 is 16.0 Å². The van der Waals surface area contributed by atoms with Crippen LogP contribution in [0.3, 0.4) is 0 Å². The van der Waals surface area contributed by atoms with Crippen molar-refractivity contribution in [1.29, 1.82) is 0 Å². The molecule has 3 N–H and O–H groups in total. The summed E-state index contributed by atoms with van der Waals surface area (Å²) in [5.41, 5.74) is 3.64. The Morgan fingerprint density at radius 3 is 1.83 bits per heavy atom. The molecule has 29 heavy (non-hydrogen) atoms. The van der Waals surface area contributed by atoms with E-state index in [0.717, 1.165) is 69.4 Å². The van der Waals surface area contributed by atoms with Crippen molar-refractivity contribution in [3.05, 3.63) is 68.9 Å². The first-order valence-electron chi connectivity index (χ1n) is 9.83. The third-order valence-electron chi connectivity index (χ3n) is 5.42. The lowest BCUT2D eigenvalue weighted by Crippen LogP contribution is -2.16. The van der Waals surface area contributed by atoms with Crippen molar-refractivity contribution in [2.45, 2.75) is 12.8 Å². The minimum absolute atomic E-state index is 0.240. The van der Waals surface area contributed by atoms with Crippen LogP contribution in [0.25, 0.3) is 11.1 Å². The number of fused-ring (bicyclic) bond motifs is 2. The molecule has 0 atom stereocenters. The highest BCUT2D eigenvalue weighted by Crippen LogP contribution is 2.29. The number of aromatic hydroxyl groups is 2. The van der Waals surface area contributed by atoms with E-state index in [1.165, 1.54) is 0 Å². The van der Waals surface area contributed by atoms with E-state index in [2.05, 4.69) is 20.2 Å². The standard InChI is InChI=1S/C23H26N4O2/c1-24-10-8-14-12-25-22-16(4-6-18(28)20(14)22)17-5-7-19(29)21-15(9-11-27(2)3)13-26-23(17)21/h4-7,12-13,24,28-29H,8-11H2,1-3H3. The monoisotopic (exact) mass is 390 g/mol. The van der Waals surface area contributed by atoms with Crippen molar-refractivity contribution in [2.75, 3.05) is 34.2 Å². The summed E-state index contributed by atoms with van der Waals surface area (Å²) in [7, 11) is 5.97.